The van der Waals surface area contributed by atoms with Gasteiger partial charge in [0.25, 0.3) is 0 Å². The number of carbonyl (C=O) groups excluding carboxylic acids is 1. The van der Waals surface area contributed by atoms with Crippen LogP contribution in [0.3, 0.4) is 0 Å². The van der Waals surface area contributed by atoms with Gasteiger partial charge in [0.1, 0.15) is 18.1 Å². The largest absolute Gasteiger partial charge is 0.872 e. The first-order valence-electron chi connectivity index (χ1n) is 9.48. The molecular formula is C22H23FN2O3. The highest BCUT2D eigenvalue weighted by molar-refractivity contribution is 6.15. The first kappa shape index (κ1) is 18.7. The van der Waals surface area contributed by atoms with Gasteiger partial charge in [-0.05, 0) is 43.3 Å². The molecule has 0 bridgehead atoms. The second kappa shape index (κ2) is 7.37. The molecule has 28 heavy (non-hydrogen) atoms. The van der Waals surface area contributed by atoms with Crippen molar-refractivity contribution in [3.63, 3.8) is 0 Å². The lowest BCUT2D eigenvalue weighted by Gasteiger charge is -2.31. The van der Waals surface area contributed by atoms with Crippen molar-refractivity contribution in [3.05, 3.63) is 64.2 Å². The Bertz CT molecular complexity index is 945. The van der Waals surface area contributed by atoms with Crippen LogP contribution in [0, 0.1) is 12.7 Å². The van der Waals surface area contributed by atoms with Crippen molar-refractivity contribution < 1.29 is 23.9 Å². The van der Waals surface area contributed by atoms with Gasteiger partial charge in [-0.2, -0.15) is 0 Å². The van der Waals surface area contributed by atoms with E-state index in [1.54, 1.807) is 25.1 Å². The predicted molar refractivity (Wildman–Crippen MR) is 102 cm³/mol. The summed E-state index contributed by atoms with van der Waals surface area (Å²) < 4.78 is 19.0. The first-order chi connectivity index (χ1) is 13.4. The minimum absolute atomic E-state index is 0.0847. The fraction of sp³-hybridized carbons (Fsp3) is 0.318. The molecule has 0 spiro atoms. The molecule has 2 aliphatic heterocycles. The highest BCUT2D eigenvalue weighted by Gasteiger charge is 2.33. The number of rotatable bonds is 3. The number of nitrogens with zero attached hydrogens (tertiary/aromatic N) is 1. The van der Waals surface area contributed by atoms with Crippen molar-refractivity contribution >= 4 is 11.9 Å². The molecule has 0 amide bonds. The average Bonchev–Trinajstić information content (AvgIpc) is 2.99. The Balaban J connectivity index is 1.66. The summed E-state index contributed by atoms with van der Waals surface area (Å²) in [7, 11) is 2.09. The van der Waals surface area contributed by atoms with E-state index in [9.17, 15) is 14.3 Å². The molecule has 146 valence electrons. The lowest BCUT2D eigenvalue weighted by atomic mass is 9.99. The standard InChI is InChI=1S/C22H23FN2O3/c1-14-11-18(26)17(13-25-9-7-24(2)8-10-25)22-20(14)21(27)19(28-22)12-15-3-5-16(23)6-4-15/h3-6,11-12,26H,7-10,13H2,1-2H3/b19-12-. The van der Waals surface area contributed by atoms with Crippen molar-refractivity contribution in [1.82, 2.24) is 4.90 Å². The van der Waals surface area contributed by atoms with Crippen LogP contribution in [0.25, 0.3) is 6.08 Å². The number of quaternary nitrogens is 1. The summed E-state index contributed by atoms with van der Waals surface area (Å²) >= 11 is 0. The van der Waals surface area contributed by atoms with Gasteiger partial charge in [-0.15, -0.1) is 0 Å². The summed E-state index contributed by atoms with van der Waals surface area (Å²) in [6.45, 7) is 6.16. The molecule has 5 nitrogen and oxygen atoms in total. The predicted octanol–water partition coefficient (Wildman–Crippen LogP) is 1.15. The van der Waals surface area contributed by atoms with Gasteiger partial charge in [0, 0.05) is 18.7 Å². The lowest BCUT2D eigenvalue weighted by molar-refractivity contribution is -0.918. The molecule has 0 aliphatic carbocycles. The number of hydrogen-bond acceptors (Lipinski definition) is 4. The summed E-state index contributed by atoms with van der Waals surface area (Å²) in [5, 5.41) is 12.7. The quantitative estimate of drug-likeness (QED) is 0.810. The van der Waals surface area contributed by atoms with Gasteiger partial charge in [0.2, 0.25) is 5.78 Å². The smallest absolute Gasteiger partial charge is 0.232 e. The van der Waals surface area contributed by atoms with Crippen LogP contribution in [-0.4, -0.2) is 43.9 Å². The molecule has 2 aliphatic rings. The van der Waals surface area contributed by atoms with Gasteiger partial charge in [0.15, 0.2) is 5.76 Å². The van der Waals surface area contributed by atoms with Crippen LogP contribution >= 0.6 is 0 Å². The van der Waals surface area contributed by atoms with Gasteiger partial charge >= 0.3 is 0 Å². The minimum atomic E-state index is -0.339. The lowest BCUT2D eigenvalue weighted by Crippen LogP contribution is -3.13. The van der Waals surface area contributed by atoms with Crippen molar-refractivity contribution in [1.29, 1.82) is 0 Å². The molecule has 0 saturated carbocycles. The van der Waals surface area contributed by atoms with E-state index in [1.165, 1.54) is 23.1 Å². The third kappa shape index (κ3) is 3.53. The number of carbonyl (C=O) groups is 1. The maximum Gasteiger partial charge on any atom is 0.232 e. The van der Waals surface area contributed by atoms with Crippen LogP contribution in [0.2, 0.25) is 0 Å². The van der Waals surface area contributed by atoms with E-state index in [0.29, 0.717) is 34.5 Å². The summed E-state index contributed by atoms with van der Waals surface area (Å²) in [6.07, 6.45) is 1.60. The van der Waals surface area contributed by atoms with Crippen LogP contribution in [0.5, 0.6) is 11.5 Å². The van der Waals surface area contributed by atoms with Gasteiger partial charge in [-0.1, -0.05) is 23.9 Å². The third-order valence-corrected chi connectivity index (χ3v) is 5.49. The van der Waals surface area contributed by atoms with Gasteiger partial charge in [-0.25, -0.2) is 4.39 Å². The monoisotopic (exact) mass is 382 g/mol. The zero-order valence-electron chi connectivity index (χ0n) is 16.0. The molecule has 6 heteroatoms. The third-order valence-electron chi connectivity index (χ3n) is 5.49. The number of allylic oxidation sites excluding steroid dienone is 1. The maximum absolute atomic E-state index is 13.1. The average molecular weight is 382 g/mol. The van der Waals surface area contributed by atoms with Gasteiger partial charge in [-0.3, -0.25) is 9.69 Å². The molecule has 4 rings (SSSR count). The number of piperazine rings is 1. The fourth-order valence-electron chi connectivity index (χ4n) is 3.81. The Morgan fingerprint density at radius 1 is 1.25 bits per heavy atom. The Kier molecular flexibility index (Phi) is 4.91. The SMILES string of the molecule is Cc1cc([O-])c(C[NH+]2CCN(C)CC2)c2c1C(=O)/C(=C/c1ccc(F)cc1)O2. The molecule has 2 heterocycles. The Morgan fingerprint density at radius 3 is 2.61 bits per heavy atom. The number of hydrogen-bond donors (Lipinski definition) is 1. The number of Topliss-reactive ketones (excluding diaryl/α,β-unsaturated/α-hetero) is 1. The van der Waals surface area contributed by atoms with Crippen LogP contribution in [0.4, 0.5) is 4.39 Å². The zero-order valence-corrected chi connectivity index (χ0v) is 16.0. The topological polar surface area (TPSA) is 57.0 Å². The minimum Gasteiger partial charge on any atom is -0.872 e. The Hall–Kier alpha value is -2.70. The number of likely N-dealkylation sites (N-methyl/N-ethyl adjacent to an activating group) is 1. The number of ether oxygens (including phenoxy) is 1. The molecule has 0 radical (unpaired) electrons. The van der Waals surface area contributed by atoms with E-state index in [2.05, 4.69) is 11.9 Å². The van der Waals surface area contributed by atoms with Crippen molar-refractivity contribution in [3.8, 4) is 11.5 Å². The normalized spacial score (nSPS) is 19.1. The van der Waals surface area contributed by atoms with E-state index in [1.807, 2.05) is 0 Å². The van der Waals surface area contributed by atoms with Crippen LogP contribution in [0.1, 0.15) is 27.0 Å². The molecule has 2 aromatic rings. The van der Waals surface area contributed by atoms with E-state index in [4.69, 9.17) is 4.74 Å². The fourth-order valence-corrected chi connectivity index (χ4v) is 3.81. The Morgan fingerprint density at radius 2 is 1.93 bits per heavy atom. The molecule has 1 N–H and O–H groups in total. The maximum atomic E-state index is 13.1. The molecule has 0 aromatic heterocycles. The second-order valence-corrected chi connectivity index (χ2v) is 7.60. The van der Waals surface area contributed by atoms with Crippen molar-refractivity contribution in [2.24, 2.45) is 0 Å². The van der Waals surface area contributed by atoms with Gasteiger partial charge in [0.05, 0.1) is 18.7 Å². The number of ketones is 1. The number of fused-ring (bicyclic) bond motifs is 1. The second-order valence-electron chi connectivity index (χ2n) is 7.60. The highest BCUT2D eigenvalue weighted by atomic mass is 19.1. The zero-order chi connectivity index (χ0) is 19.8. The first-order valence-corrected chi connectivity index (χ1v) is 9.48. The van der Waals surface area contributed by atoms with Crippen molar-refractivity contribution in [2.75, 3.05) is 33.2 Å². The van der Waals surface area contributed by atoms with E-state index in [0.717, 1.165) is 26.2 Å². The number of benzene rings is 2. The van der Waals surface area contributed by atoms with Crippen LogP contribution in [-0.2, 0) is 6.54 Å². The number of nitrogens with one attached hydrogen (secondary N) is 1. The van der Waals surface area contributed by atoms with Crippen molar-refractivity contribution in [2.45, 2.75) is 13.5 Å². The number of halogens is 1. The number of aryl methyl sites for hydroxylation is 1. The molecule has 2 aromatic carbocycles. The molecular weight excluding hydrogens is 359 g/mol. The highest BCUT2D eigenvalue weighted by Crippen LogP contribution is 2.40. The Labute approximate surface area is 163 Å². The van der Waals surface area contributed by atoms with E-state index >= 15 is 0 Å². The molecule has 0 unspecified atom stereocenters. The summed E-state index contributed by atoms with van der Waals surface area (Å²) in [5.41, 5.74) is 2.33. The van der Waals surface area contributed by atoms with Gasteiger partial charge < -0.3 is 14.7 Å². The summed E-state index contributed by atoms with van der Waals surface area (Å²) in [4.78, 5) is 16.5. The van der Waals surface area contributed by atoms with E-state index < -0.39 is 0 Å². The summed E-state index contributed by atoms with van der Waals surface area (Å²) in [6, 6.07) is 7.38. The molecule has 0 atom stereocenters. The summed E-state index contributed by atoms with van der Waals surface area (Å²) in [5.74, 6) is -0.0851. The van der Waals surface area contributed by atoms with Crippen LogP contribution < -0.4 is 14.7 Å². The van der Waals surface area contributed by atoms with E-state index in [-0.39, 0.29) is 23.1 Å². The molecule has 1 saturated heterocycles. The van der Waals surface area contributed by atoms with Crippen LogP contribution in [0.15, 0.2) is 36.1 Å². The molecule has 1 fully saturated rings.